The number of rotatable bonds is 0. The molecule has 2 aromatic carbocycles. The molecule has 4 nitrogen and oxygen atoms in total. The third-order valence-corrected chi connectivity index (χ3v) is 7.07. The molecule has 0 amide bonds. The lowest BCUT2D eigenvalue weighted by Gasteiger charge is -2.11. The number of hydrogen-bond donors (Lipinski definition) is 0. The Balaban J connectivity index is 1.97. The minimum Gasteiger partial charge on any atom is -0.254 e. The Hall–Kier alpha value is -3.59. The van der Waals surface area contributed by atoms with Gasteiger partial charge < -0.3 is 0 Å². The van der Waals surface area contributed by atoms with E-state index in [4.69, 9.17) is 9.97 Å². The van der Waals surface area contributed by atoms with Gasteiger partial charge in [-0.1, -0.05) is 51.1 Å². The summed E-state index contributed by atoms with van der Waals surface area (Å²) >= 11 is 0. The standard InChI is InChI=1S/C28H26N4Si2/c1-33(2,3)17-13-19-11-12-20(14-18-34(4,5)6)24-23(19)31-27-21-9-7-15-29-25(21)26-22(28(27)32-24)10-8-16-30-26/h7-12,15-16H,1-6H3. The molecule has 0 saturated carbocycles. The van der Waals surface area contributed by atoms with Crippen LogP contribution in [0.2, 0.25) is 39.3 Å². The molecule has 3 aromatic heterocycles. The Morgan fingerprint density at radius 3 is 1.32 bits per heavy atom. The zero-order chi connectivity index (χ0) is 24.1. The summed E-state index contributed by atoms with van der Waals surface area (Å²) in [6, 6.07) is 12.1. The van der Waals surface area contributed by atoms with E-state index in [1.165, 1.54) is 0 Å². The third kappa shape index (κ3) is 4.19. The first-order valence-electron chi connectivity index (χ1n) is 11.4. The van der Waals surface area contributed by atoms with Gasteiger partial charge in [0.1, 0.15) is 27.2 Å². The molecule has 0 aliphatic heterocycles. The number of benzene rings is 2. The van der Waals surface area contributed by atoms with E-state index in [2.05, 4.69) is 72.2 Å². The normalized spacial score (nSPS) is 11.9. The van der Waals surface area contributed by atoms with E-state index in [-0.39, 0.29) is 0 Å². The Labute approximate surface area is 201 Å². The smallest absolute Gasteiger partial charge is 0.129 e. The fraction of sp³-hybridized carbons (Fsp3) is 0.214. The maximum Gasteiger partial charge on any atom is 0.129 e. The van der Waals surface area contributed by atoms with Crippen molar-refractivity contribution < 1.29 is 0 Å². The lowest BCUT2D eigenvalue weighted by molar-refractivity contribution is 1.35. The zero-order valence-corrected chi connectivity index (χ0v) is 22.4. The van der Waals surface area contributed by atoms with Gasteiger partial charge in [0, 0.05) is 23.2 Å². The van der Waals surface area contributed by atoms with Crippen LogP contribution in [0, 0.1) is 22.9 Å². The van der Waals surface area contributed by atoms with Gasteiger partial charge in [-0.05, 0) is 36.4 Å². The minimum absolute atomic E-state index is 0.800. The molecule has 5 rings (SSSR count). The summed E-state index contributed by atoms with van der Waals surface area (Å²) in [6.07, 6.45) is 3.59. The second-order valence-corrected chi connectivity index (χ2v) is 20.1. The molecule has 5 aromatic rings. The van der Waals surface area contributed by atoms with Crippen molar-refractivity contribution in [3.8, 4) is 22.9 Å². The van der Waals surface area contributed by atoms with Gasteiger partial charge in [0.2, 0.25) is 0 Å². The maximum atomic E-state index is 5.19. The maximum absolute atomic E-state index is 5.19. The average Bonchev–Trinajstić information content (AvgIpc) is 2.80. The average molecular weight is 475 g/mol. The lowest BCUT2D eigenvalue weighted by atomic mass is 10.0. The van der Waals surface area contributed by atoms with Crippen molar-refractivity contribution >= 4 is 60.0 Å². The van der Waals surface area contributed by atoms with E-state index < -0.39 is 16.1 Å². The predicted molar refractivity (Wildman–Crippen MR) is 148 cm³/mol. The van der Waals surface area contributed by atoms with Crippen LogP contribution >= 0.6 is 0 Å². The minimum atomic E-state index is -1.56. The molecule has 0 fully saturated rings. The van der Waals surface area contributed by atoms with Crippen molar-refractivity contribution in [3.05, 3.63) is 59.9 Å². The molecule has 0 atom stereocenters. The van der Waals surface area contributed by atoms with Crippen LogP contribution in [0.15, 0.2) is 48.8 Å². The molecular formula is C28H26N4Si2. The number of aromatic nitrogens is 4. The Bertz CT molecular complexity index is 1610. The van der Waals surface area contributed by atoms with Gasteiger partial charge in [0.05, 0.1) is 33.2 Å². The van der Waals surface area contributed by atoms with Gasteiger partial charge >= 0.3 is 0 Å². The highest BCUT2D eigenvalue weighted by molar-refractivity contribution is 6.84. The SMILES string of the molecule is C[Si](C)(C)C#Cc1ccc(C#C[Si](C)(C)C)c2nc3c4cccnc4c4ncccc4c3nc12. The molecule has 0 unspecified atom stereocenters. The van der Waals surface area contributed by atoms with E-state index in [9.17, 15) is 0 Å². The van der Waals surface area contributed by atoms with E-state index in [1.54, 1.807) is 12.4 Å². The quantitative estimate of drug-likeness (QED) is 0.114. The molecular weight excluding hydrogens is 449 g/mol. The Morgan fingerprint density at radius 1 is 0.529 bits per heavy atom. The second kappa shape index (κ2) is 8.02. The van der Waals surface area contributed by atoms with E-state index >= 15 is 0 Å². The lowest BCUT2D eigenvalue weighted by Crippen LogP contribution is -2.16. The largest absolute Gasteiger partial charge is 0.254 e. The van der Waals surface area contributed by atoms with Crippen LogP contribution in [0.25, 0.3) is 43.9 Å². The monoisotopic (exact) mass is 474 g/mol. The molecule has 6 heteroatoms. The van der Waals surface area contributed by atoms with E-state index in [0.29, 0.717) is 0 Å². The first-order chi connectivity index (χ1) is 16.1. The molecule has 0 radical (unpaired) electrons. The van der Waals surface area contributed by atoms with Crippen LogP contribution in [0.1, 0.15) is 11.1 Å². The molecule has 0 N–H and O–H groups in total. The highest BCUT2D eigenvalue weighted by Gasteiger charge is 2.17. The Morgan fingerprint density at radius 2 is 0.941 bits per heavy atom. The van der Waals surface area contributed by atoms with Crippen molar-refractivity contribution in [3.63, 3.8) is 0 Å². The molecule has 0 saturated heterocycles. The van der Waals surface area contributed by atoms with E-state index in [1.807, 2.05) is 36.4 Å². The van der Waals surface area contributed by atoms with Crippen LogP contribution in [0.5, 0.6) is 0 Å². The van der Waals surface area contributed by atoms with Gasteiger partial charge in [0.15, 0.2) is 0 Å². The first kappa shape index (κ1) is 22.2. The van der Waals surface area contributed by atoms with Crippen molar-refractivity contribution in [2.75, 3.05) is 0 Å². The predicted octanol–water partition coefficient (Wildman–Crippen LogP) is 6.34. The molecule has 166 valence electrons. The van der Waals surface area contributed by atoms with Gasteiger partial charge in [0.25, 0.3) is 0 Å². The number of fused-ring (bicyclic) bond motifs is 7. The van der Waals surface area contributed by atoms with Gasteiger partial charge in [-0.3, -0.25) is 9.97 Å². The van der Waals surface area contributed by atoms with Crippen LogP contribution in [-0.2, 0) is 0 Å². The Kier molecular flexibility index (Phi) is 5.24. The van der Waals surface area contributed by atoms with Crippen LogP contribution in [0.4, 0.5) is 0 Å². The van der Waals surface area contributed by atoms with Gasteiger partial charge in [-0.15, -0.1) is 11.1 Å². The van der Waals surface area contributed by atoms with Crippen LogP contribution in [-0.4, -0.2) is 36.1 Å². The fourth-order valence-corrected chi connectivity index (χ4v) is 4.81. The summed E-state index contributed by atoms with van der Waals surface area (Å²) in [4.78, 5) is 19.6. The summed E-state index contributed by atoms with van der Waals surface area (Å²) in [7, 11) is -3.13. The highest BCUT2D eigenvalue weighted by atomic mass is 28.3. The fourth-order valence-electron chi connectivity index (χ4n) is 3.79. The second-order valence-electron chi connectivity index (χ2n) is 10.6. The molecule has 0 spiro atoms. The first-order valence-corrected chi connectivity index (χ1v) is 18.4. The number of hydrogen-bond acceptors (Lipinski definition) is 4. The molecule has 0 aliphatic rings. The van der Waals surface area contributed by atoms with Crippen LogP contribution < -0.4 is 0 Å². The van der Waals surface area contributed by atoms with Crippen molar-refractivity contribution in [1.29, 1.82) is 0 Å². The molecule has 3 heterocycles. The summed E-state index contributed by atoms with van der Waals surface area (Å²) in [5, 5.41) is 1.89. The third-order valence-electron chi connectivity index (χ3n) is 5.32. The zero-order valence-electron chi connectivity index (χ0n) is 20.4. The van der Waals surface area contributed by atoms with Crippen molar-refractivity contribution in [1.82, 2.24) is 19.9 Å². The number of nitrogens with zero attached hydrogens (tertiary/aromatic N) is 4. The van der Waals surface area contributed by atoms with Gasteiger partial charge in [-0.25, -0.2) is 9.97 Å². The van der Waals surface area contributed by atoms with Crippen LogP contribution in [0.3, 0.4) is 0 Å². The summed E-state index contributed by atoms with van der Waals surface area (Å²) in [6.45, 7) is 13.5. The summed E-state index contributed by atoms with van der Waals surface area (Å²) in [5.41, 5.74) is 13.7. The van der Waals surface area contributed by atoms with Crippen molar-refractivity contribution in [2.45, 2.75) is 39.3 Å². The highest BCUT2D eigenvalue weighted by Crippen LogP contribution is 2.33. The topological polar surface area (TPSA) is 51.6 Å². The van der Waals surface area contributed by atoms with Crippen molar-refractivity contribution in [2.24, 2.45) is 0 Å². The molecule has 0 aliphatic carbocycles. The number of pyridine rings is 2. The summed E-state index contributed by atoms with van der Waals surface area (Å²) in [5.74, 6) is 6.84. The summed E-state index contributed by atoms with van der Waals surface area (Å²) < 4.78 is 0. The van der Waals surface area contributed by atoms with Gasteiger partial charge in [-0.2, -0.15) is 0 Å². The molecule has 34 heavy (non-hydrogen) atoms. The molecule has 0 bridgehead atoms. The van der Waals surface area contributed by atoms with E-state index in [0.717, 1.165) is 55.0 Å².